The number of para-hydroxylation sites is 3. The van der Waals surface area contributed by atoms with Crippen molar-refractivity contribution in [3.8, 4) is 22.6 Å². The molecule has 5 nitrogen and oxygen atoms in total. The molecule has 11 aromatic rings. The van der Waals surface area contributed by atoms with Gasteiger partial charge in [-0.3, -0.25) is 4.98 Å². The van der Waals surface area contributed by atoms with Crippen molar-refractivity contribution in [2.24, 2.45) is 7.05 Å². The molecule has 0 unspecified atom stereocenters. The molecule has 11 rings (SSSR count). The number of pyridine rings is 1. The van der Waals surface area contributed by atoms with Gasteiger partial charge in [0.15, 0.2) is 0 Å². The van der Waals surface area contributed by atoms with Crippen molar-refractivity contribution in [1.29, 1.82) is 0 Å². The molecule has 6 heteroatoms. The Balaban J connectivity index is 0.000000204. The number of aromatic nitrogens is 4. The molecular weight excluding hydrogens is 793 g/mol. The van der Waals surface area contributed by atoms with Gasteiger partial charge in [-0.2, -0.15) is 0 Å². The molecule has 0 amide bonds. The second kappa shape index (κ2) is 11.7. The summed E-state index contributed by atoms with van der Waals surface area (Å²) in [6.45, 7) is 2.03. The molecule has 0 aliphatic rings. The van der Waals surface area contributed by atoms with Crippen LogP contribution < -0.4 is 0 Å². The molecule has 0 bridgehead atoms. The minimum Gasteiger partial charge on any atom is -0.501 e. The number of hydrogen-bond acceptors (Lipinski definition) is 3. The van der Waals surface area contributed by atoms with Crippen LogP contribution in [0.1, 0.15) is 5.56 Å². The van der Waals surface area contributed by atoms with Crippen LogP contribution in [0.5, 0.6) is 0 Å². The van der Waals surface area contributed by atoms with E-state index in [-0.39, 0.29) is 20.1 Å². The number of rotatable bonds is 2. The van der Waals surface area contributed by atoms with Gasteiger partial charge >= 0.3 is 0 Å². The van der Waals surface area contributed by atoms with Crippen LogP contribution in [0.4, 0.5) is 0 Å². The Bertz CT molecular complexity index is 3010. The average molecular weight is 821 g/mol. The van der Waals surface area contributed by atoms with Gasteiger partial charge in [0.05, 0.1) is 39.0 Å². The number of nitrogens with zero attached hydrogens (tertiary/aromatic N) is 4. The van der Waals surface area contributed by atoms with Crippen molar-refractivity contribution in [2.75, 3.05) is 0 Å². The second-order valence-electron chi connectivity index (χ2n) is 12.6. The van der Waals surface area contributed by atoms with Crippen LogP contribution in [-0.2, 0) is 27.2 Å². The van der Waals surface area contributed by atoms with Crippen LogP contribution in [0.15, 0.2) is 138 Å². The first kappa shape index (κ1) is 30.3. The molecule has 0 aliphatic carbocycles. The zero-order valence-electron chi connectivity index (χ0n) is 27.2. The maximum Gasteiger partial charge on any atom is 0.120 e. The molecule has 5 heterocycles. The monoisotopic (exact) mass is 821 g/mol. The van der Waals surface area contributed by atoms with E-state index in [1.807, 2.05) is 67.7 Å². The molecule has 0 saturated carbocycles. The molecule has 50 heavy (non-hydrogen) atoms. The molecule has 0 saturated heterocycles. The van der Waals surface area contributed by atoms with Gasteiger partial charge in [-0.25, -0.2) is 0 Å². The van der Waals surface area contributed by atoms with Crippen LogP contribution in [-0.4, -0.2) is 18.9 Å². The Kier molecular flexibility index (Phi) is 7.06. The predicted molar refractivity (Wildman–Crippen MR) is 200 cm³/mol. The summed E-state index contributed by atoms with van der Waals surface area (Å²) in [7, 11) is 2.10. The van der Waals surface area contributed by atoms with Crippen LogP contribution in [0.3, 0.4) is 0 Å². The third kappa shape index (κ3) is 4.42. The zero-order chi connectivity index (χ0) is 32.6. The molecule has 0 spiro atoms. The molecule has 0 fully saturated rings. The molecule has 5 aromatic heterocycles. The fraction of sp³-hybridized carbons (Fsp3) is 0.0455. The summed E-state index contributed by atoms with van der Waals surface area (Å²) in [5.41, 5.74) is 11.6. The third-order valence-corrected chi connectivity index (χ3v) is 9.68. The van der Waals surface area contributed by atoms with E-state index >= 15 is 0 Å². The number of aryl methyl sites for hydroxylation is 2. The van der Waals surface area contributed by atoms with E-state index in [0.29, 0.717) is 0 Å². The van der Waals surface area contributed by atoms with Crippen LogP contribution in [0, 0.1) is 19.1 Å². The molecule has 0 aliphatic heterocycles. The first-order chi connectivity index (χ1) is 24.2. The van der Waals surface area contributed by atoms with E-state index in [9.17, 15) is 0 Å². The quantitative estimate of drug-likeness (QED) is 0.163. The number of fused-ring (bicyclic) bond motifs is 11. The van der Waals surface area contributed by atoms with Gasteiger partial charge in [0.2, 0.25) is 0 Å². The Morgan fingerprint density at radius 1 is 0.620 bits per heavy atom. The van der Waals surface area contributed by atoms with Crippen molar-refractivity contribution in [3.63, 3.8) is 0 Å². The van der Waals surface area contributed by atoms with E-state index < -0.39 is 0 Å². The Hall–Kier alpha value is -5.81. The third-order valence-electron chi connectivity index (χ3n) is 9.68. The van der Waals surface area contributed by atoms with Gasteiger partial charge in [-0.1, -0.05) is 77.7 Å². The summed E-state index contributed by atoms with van der Waals surface area (Å²) in [6, 6.07) is 50.4. The van der Waals surface area contributed by atoms with E-state index in [1.165, 1.54) is 43.7 Å². The number of imidazole rings is 1. The van der Waals surface area contributed by atoms with Gasteiger partial charge in [0, 0.05) is 60.3 Å². The van der Waals surface area contributed by atoms with Crippen molar-refractivity contribution < 1.29 is 24.5 Å². The van der Waals surface area contributed by atoms with Gasteiger partial charge in [-0.15, -0.1) is 54.1 Å². The minimum absolute atomic E-state index is 0. The summed E-state index contributed by atoms with van der Waals surface area (Å²) in [5, 5.41) is 7.28. The van der Waals surface area contributed by atoms with Gasteiger partial charge in [0.25, 0.3) is 0 Å². The van der Waals surface area contributed by atoms with Crippen molar-refractivity contribution in [3.05, 3.63) is 151 Å². The summed E-state index contributed by atoms with van der Waals surface area (Å²) < 4.78 is 11.0. The van der Waals surface area contributed by atoms with Crippen molar-refractivity contribution >= 4 is 71.1 Å². The average Bonchev–Trinajstić information content (AvgIpc) is 3.89. The molecular formula is C44H28IrN4O-2. The number of furan rings is 1. The van der Waals surface area contributed by atoms with Crippen LogP contribution in [0.2, 0.25) is 0 Å². The maximum atomic E-state index is 6.33. The Morgan fingerprint density at radius 2 is 1.38 bits per heavy atom. The summed E-state index contributed by atoms with van der Waals surface area (Å²) >= 11 is 0. The Morgan fingerprint density at radius 3 is 2.20 bits per heavy atom. The van der Waals surface area contributed by atoms with Crippen molar-refractivity contribution in [2.45, 2.75) is 6.92 Å². The van der Waals surface area contributed by atoms with Crippen LogP contribution >= 0.6 is 0 Å². The fourth-order valence-electron chi connectivity index (χ4n) is 7.46. The Labute approximate surface area is 301 Å². The molecule has 241 valence electrons. The summed E-state index contributed by atoms with van der Waals surface area (Å²) in [6.07, 6.45) is 1.87. The normalized spacial score (nSPS) is 11.6. The first-order valence-electron chi connectivity index (χ1n) is 16.4. The largest absolute Gasteiger partial charge is 0.501 e. The molecule has 6 aromatic carbocycles. The number of hydrogen-bond donors (Lipinski definition) is 0. The molecule has 0 N–H and O–H groups in total. The van der Waals surface area contributed by atoms with Gasteiger partial charge < -0.3 is 18.4 Å². The number of benzene rings is 6. The van der Waals surface area contributed by atoms with Crippen molar-refractivity contribution in [1.82, 2.24) is 18.9 Å². The summed E-state index contributed by atoms with van der Waals surface area (Å²) in [4.78, 5) is 9.45. The minimum atomic E-state index is 0. The van der Waals surface area contributed by atoms with Gasteiger partial charge in [-0.05, 0) is 42.4 Å². The fourth-order valence-corrected chi connectivity index (χ4v) is 7.46. The van der Waals surface area contributed by atoms with Crippen LogP contribution in [0.25, 0.3) is 93.7 Å². The topological polar surface area (TPSA) is 48.3 Å². The smallest absolute Gasteiger partial charge is 0.120 e. The first-order valence-corrected chi connectivity index (χ1v) is 16.4. The predicted octanol–water partition coefficient (Wildman–Crippen LogP) is 10.9. The molecule has 1 radical (unpaired) electrons. The molecule has 0 atom stereocenters. The second-order valence-corrected chi connectivity index (χ2v) is 12.6. The zero-order valence-corrected chi connectivity index (χ0v) is 29.6. The standard InChI is InChI=1S/C32H18N3O.C12H10N.Ir/c1-34-30-25(33-32(34)24-13-7-12-23-19-9-3-5-15-27(19)36-31(23)24)17-16-22-21-11-6-10-20-18-8-2-4-14-26(18)35(28(20)21)29(22)30;1-10-7-8-12(13-9-10)11-5-3-2-4-6-11;/h2-12,14-17H,1H3;2-5,7-9H,1H3;/q2*-1;. The van der Waals surface area contributed by atoms with E-state index in [2.05, 4.69) is 106 Å². The van der Waals surface area contributed by atoms with Gasteiger partial charge in [0.1, 0.15) is 5.58 Å². The summed E-state index contributed by atoms with van der Waals surface area (Å²) in [5.74, 6) is 0.853. The maximum absolute atomic E-state index is 6.33. The van der Waals surface area contributed by atoms with E-state index in [0.717, 1.165) is 55.6 Å². The van der Waals surface area contributed by atoms with E-state index in [1.54, 1.807) is 0 Å². The SMILES string of the molecule is Cc1ccc(-c2[c-]cccc2)nc1.Cn1c(-c2[c-]ccc3c2oc2ccccc23)nc2ccc3c4cccc5c6ccccc6n(c54)c3c21.[Ir]. The van der Waals surface area contributed by atoms with E-state index in [4.69, 9.17) is 9.40 Å².